The van der Waals surface area contributed by atoms with Gasteiger partial charge in [0.05, 0.1) is 0 Å². The molecule has 1 saturated carbocycles. The molecule has 21 heavy (non-hydrogen) atoms. The molecule has 1 heterocycles. The van der Waals surface area contributed by atoms with Crippen molar-refractivity contribution in [1.29, 1.82) is 0 Å². The first-order chi connectivity index (χ1) is 10.1. The molecule has 1 aromatic carbocycles. The van der Waals surface area contributed by atoms with Gasteiger partial charge in [-0.25, -0.2) is 0 Å². The monoisotopic (exact) mass is 287 g/mol. The Morgan fingerprint density at radius 1 is 1.29 bits per heavy atom. The molecule has 1 aliphatic carbocycles. The molecule has 2 fully saturated rings. The fourth-order valence-corrected chi connectivity index (χ4v) is 3.29. The zero-order valence-corrected chi connectivity index (χ0v) is 13.7. The number of likely N-dealkylation sites (N-methyl/N-ethyl adjacent to an activating group) is 2. The van der Waals surface area contributed by atoms with E-state index in [0.29, 0.717) is 6.04 Å². The maximum absolute atomic E-state index is 3.61. The van der Waals surface area contributed by atoms with Crippen LogP contribution >= 0.6 is 0 Å². The van der Waals surface area contributed by atoms with Crippen LogP contribution in [-0.2, 0) is 6.54 Å². The Balaban J connectivity index is 1.60. The molecule has 1 aromatic rings. The van der Waals surface area contributed by atoms with Crippen LogP contribution in [-0.4, -0.2) is 44.2 Å². The number of rotatable bonds is 6. The van der Waals surface area contributed by atoms with E-state index in [1.165, 1.54) is 49.0 Å². The van der Waals surface area contributed by atoms with Crippen LogP contribution in [0.2, 0.25) is 0 Å². The fraction of sp³-hybridized carbons (Fsp3) is 0.667. The molecule has 0 bridgehead atoms. The van der Waals surface area contributed by atoms with Crippen LogP contribution < -0.4 is 10.2 Å². The van der Waals surface area contributed by atoms with E-state index >= 15 is 0 Å². The Hall–Kier alpha value is -1.06. The Morgan fingerprint density at radius 2 is 2.10 bits per heavy atom. The second-order valence-corrected chi connectivity index (χ2v) is 6.92. The number of anilines is 1. The summed E-state index contributed by atoms with van der Waals surface area (Å²) in [6.07, 6.45) is 5.40. The summed E-state index contributed by atoms with van der Waals surface area (Å²) in [5.41, 5.74) is 4.20. The quantitative estimate of drug-likeness (QED) is 0.868. The first kappa shape index (κ1) is 14.9. The third-order valence-electron chi connectivity index (χ3n) is 5.08. The van der Waals surface area contributed by atoms with Gasteiger partial charge in [-0.15, -0.1) is 0 Å². The molecule has 3 rings (SSSR count). The summed E-state index contributed by atoms with van der Waals surface area (Å²) in [6.45, 7) is 5.65. The van der Waals surface area contributed by atoms with Crippen molar-refractivity contribution in [2.75, 3.05) is 32.1 Å². The second-order valence-electron chi connectivity index (χ2n) is 6.92. The van der Waals surface area contributed by atoms with Crippen molar-refractivity contribution in [2.24, 2.45) is 0 Å². The van der Waals surface area contributed by atoms with Gasteiger partial charge in [0.2, 0.25) is 0 Å². The highest BCUT2D eigenvalue weighted by Crippen LogP contribution is 2.23. The molecule has 0 radical (unpaired) electrons. The van der Waals surface area contributed by atoms with Gasteiger partial charge in [0.25, 0.3) is 0 Å². The van der Waals surface area contributed by atoms with Gasteiger partial charge in [-0.05, 0) is 69.5 Å². The molecule has 0 amide bonds. The minimum Gasteiger partial charge on any atom is -0.373 e. The standard InChI is InChI=1S/C18H29N3/c1-14-11-17(9-6-15(14)12-19-16-7-8-16)21(3)13-18-5-4-10-20(18)2/h6,9,11,16,18-19H,4-5,7-8,10,12-13H2,1-3H3. The van der Waals surface area contributed by atoms with Crippen molar-refractivity contribution in [2.45, 2.75) is 51.2 Å². The summed E-state index contributed by atoms with van der Waals surface area (Å²) in [5.74, 6) is 0. The van der Waals surface area contributed by atoms with Crippen molar-refractivity contribution in [1.82, 2.24) is 10.2 Å². The van der Waals surface area contributed by atoms with Gasteiger partial charge >= 0.3 is 0 Å². The van der Waals surface area contributed by atoms with Crippen LogP contribution in [0, 0.1) is 6.92 Å². The van der Waals surface area contributed by atoms with E-state index in [1.807, 2.05) is 0 Å². The molecular formula is C18H29N3. The minimum atomic E-state index is 0.714. The van der Waals surface area contributed by atoms with Crippen LogP contribution in [0.4, 0.5) is 5.69 Å². The molecule has 1 saturated heterocycles. The van der Waals surface area contributed by atoms with Crippen LogP contribution in [0.3, 0.4) is 0 Å². The van der Waals surface area contributed by atoms with E-state index in [-0.39, 0.29) is 0 Å². The second kappa shape index (κ2) is 6.37. The van der Waals surface area contributed by atoms with E-state index in [0.717, 1.165) is 19.1 Å². The van der Waals surface area contributed by atoms with Gasteiger partial charge in [-0.2, -0.15) is 0 Å². The first-order valence-corrected chi connectivity index (χ1v) is 8.38. The maximum atomic E-state index is 3.61. The molecule has 116 valence electrons. The lowest BCUT2D eigenvalue weighted by Crippen LogP contribution is -2.36. The number of hydrogen-bond acceptors (Lipinski definition) is 3. The van der Waals surface area contributed by atoms with Crippen molar-refractivity contribution < 1.29 is 0 Å². The van der Waals surface area contributed by atoms with Crippen LogP contribution in [0.5, 0.6) is 0 Å². The maximum Gasteiger partial charge on any atom is 0.0367 e. The molecule has 1 aliphatic heterocycles. The summed E-state index contributed by atoms with van der Waals surface area (Å²) in [5, 5.41) is 3.61. The SMILES string of the molecule is Cc1cc(N(C)CC2CCCN2C)ccc1CNC1CC1. The summed E-state index contributed by atoms with van der Waals surface area (Å²) >= 11 is 0. The highest BCUT2D eigenvalue weighted by atomic mass is 15.2. The Kier molecular flexibility index (Phi) is 4.51. The van der Waals surface area contributed by atoms with Gasteiger partial charge in [-0.3, -0.25) is 0 Å². The van der Waals surface area contributed by atoms with E-state index in [2.05, 4.69) is 54.3 Å². The van der Waals surface area contributed by atoms with Crippen LogP contribution in [0.25, 0.3) is 0 Å². The number of likely N-dealkylation sites (tertiary alicyclic amines) is 1. The zero-order valence-electron chi connectivity index (χ0n) is 13.7. The number of hydrogen-bond donors (Lipinski definition) is 1. The average molecular weight is 287 g/mol. The lowest BCUT2D eigenvalue weighted by Gasteiger charge is -2.28. The Labute approximate surface area is 129 Å². The molecule has 1 unspecified atom stereocenters. The normalized spacial score (nSPS) is 22.7. The molecule has 3 nitrogen and oxygen atoms in total. The van der Waals surface area contributed by atoms with Crippen molar-refractivity contribution in [3.05, 3.63) is 29.3 Å². The van der Waals surface area contributed by atoms with Gasteiger partial charge < -0.3 is 15.1 Å². The number of nitrogens with one attached hydrogen (secondary N) is 1. The molecule has 0 aromatic heterocycles. The van der Waals surface area contributed by atoms with Gasteiger partial charge in [0, 0.05) is 37.9 Å². The van der Waals surface area contributed by atoms with E-state index in [9.17, 15) is 0 Å². The molecule has 2 aliphatic rings. The van der Waals surface area contributed by atoms with Crippen LogP contribution in [0.15, 0.2) is 18.2 Å². The Morgan fingerprint density at radius 3 is 2.71 bits per heavy atom. The van der Waals surface area contributed by atoms with E-state index < -0.39 is 0 Å². The summed E-state index contributed by atoms with van der Waals surface area (Å²) in [6, 6.07) is 8.43. The van der Waals surface area contributed by atoms with Gasteiger partial charge in [-0.1, -0.05) is 6.07 Å². The average Bonchev–Trinajstić information content (AvgIpc) is 3.21. The van der Waals surface area contributed by atoms with Crippen molar-refractivity contribution >= 4 is 5.69 Å². The van der Waals surface area contributed by atoms with Gasteiger partial charge in [0.15, 0.2) is 0 Å². The number of benzene rings is 1. The predicted molar refractivity (Wildman–Crippen MR) is 90.0 cm³/mol. The number of nitrogens with zero attached hydrogens (tertiary/aromatic N) is 2. The predicted octanol–water partition coefficient (Wildman–Crippen LogP) is 2.78. The highest BCUT2D eigenvalue weighted by molar-refractivity contribution is 5.50. The molecule has 0 spiro atoms. The summed E-state index contributed by atoms with van der Waals surface area (Å²) < 4.78 is 0. The third kappa shape index (κ3) is 3.78. The Bertz CT molecular complexity index is 481. The minimum absolute atomic E-state index is 0.714. The molecule has 1 N–H and O–H groups in total. The summed E-state index contributed by atoms with van der Waals surface area (Å²) in [4.78, 5) is 4.91. The van der Waals surface area contributed by atoms with Crippen molar-refractivity contribution in [3.8, 4) is 0 Å². The third-order valence-corrected chi connectivity index (χ3v) is 5.08. The molecular weight excluding hydrogens is 258 g/mol. The van der Waals surface area contributed by atoms with Crippen molar-refractivity contribution in [3.63, 3.8) is 0 Å². The fourth-order valence-electron chi connectivity index (χ4n) is 3.29. The zero-order chi connectivity index (χ0) is 14.8. The van der Waals surface area contributed by atoms with E-state index in [4.69, 9.17) is 0 Å². The highest BCUT2D eigenvalue weighted by Gasteiger charge is 2.22. The summed E-state index contributed by atoms with van der Waals surface area (Å²) in [7, 11) is 4.48. The topological polar surface area (TPSA) is 18.5 Å². The smallest absolute Gasteiger partial charge is 0.0367 e. The number of aryl methyl sites for hydroxylation is 1. The molecule has 1 atom stereocenters. The lowest BCUT2D eigenvalue weighted by atomic mass is 10.1. The first-order valence-electron chi connectivity index (χ1n) is 8.38. The van der Waals surface area contributed by atoms with E-state index in [1.54, 1.807) is 0 Å². The lowest BCUT2D eigenvalue weighted by molar-refractivity contribution is 0.314. The van der Waals surface area contributed by atoms with Crippen LogP contribution in [0.1, 0.15) is 36.8 Å². The van der Waals surface area contributed by atoms with Gasteiger partial charge in [0.1, 0.15) is 0 Å². The largest absolute Gasteiger partial charge is 0.373 e. The molecule has 3 heteroatoms.